The van der Waals surface area contributed by atoms with E-state index < -0.39 is 0 Å². The van der Waals surface area contributed by atoms with Crippen LogP contribution in [0.15, 0.2) is 149 Å². The molecular weight excluding hydrogens is 988 g/mol. The lowest BCUT2D eigenvalue weighted by molar-refractivity contribution is 0.574. The van der Waals surface area contributed by atoms with Gasteiger partial charge in [0.1, 0.15) is 5.82 Å². The van der Waals surface area contributed by atoms with E-state index in [0.29, 0.717) is 0 Å². The minimum Gasteiger partial charge on any atom is -0.311 e. The average molecular weight is 1070 g/mol. The largest absolute Gasteiger partial charge is 0.311 e. The Morgan fingerprint density at radius 1 is 0.463 bits per heavy atom. The third kappa shape index (κ3) is 7.88. The molecule has 0 aliphatic carbocycles. The molecule has 4 aliphatic heterocycles. The van der Waals surface area contributed by atoms with Crippen LogP contribution in [-0.2, 0) is 27.1 Å². The van der Waals surface area contributed by atoms with Crippen LogP contribution in [0.2, 0.25) is 0 Å². The van der Waals surface area contributed by atoms with E-state index in [1.807, 2.05) is 11.8 Å². The molecule has 0 radical (unpaired) electrons. The molecule has 4 nitrogen and oxygen atoms in total. The van der Waals surface area contributed by atoms with Gasteiger partial charge in [-0.25, -0.2) is 4.98 Å². The fourth-order valence-electron chi connectivity index (χ4n) is 13.6. The summed E-state index contributed by atoms with van der Waals surface area (Å²) in [4.78, 5) is 13.7. The lowest BCUT2D eigenvalue weighted by Gasteiger charge is -2.51. The van der Waals surface area contributed by atoms with E-state index in [1.165, 1.54) is 122 Å². The zero-order chi connectivity index (χ0) is 56.7. The first kappa shape index (κ1) is 52.6. The van der Waals surface area contributed by atoms with Crippen LogP contribution in [0.5, 0.6) is 0 Å². The Bertz CT molecular complexity index is 4040. The van der Waals surface area contributed by atoms with Crippen molar-refractivity contribution in [1.29, 1.82) is 0 Å². The predicted molar refractivity (Wildman–Crippen MR) is 345 cm³/mol. The van der Waals surface area contributed by atoms with Gasteiger partial charge in [-0.15, -0.1) is 0 Å². The van der Waals surface area contributed by atoms with Crippen LogP contribution >= 0.6 is 11.8 Å². The number of para-hydroxylation sites is 2. The summed E-state index contributed by atoms with van der Waals surface area (Å²) in [5.74, 6) is 1.52. The van der Waals surface area contributed by atoms with Gasteiger partial charge < -0.3 is 9.80 Å². The van der Waals surface area contributed by atoms with E-state index >= 15 is 0 Å². The van der Waals surface area contributed by atoms with Gasteiger partial charge >= 0.3 is 0 Å². The molecule has 0 amide bonds. The summed E-state index contributed by atoms with van der Waals surface area (Å²) in [6.45, 7) is 42.8. The number of hydrogen-bond donors (Lipinski definition) is 0. The highest BCUT2D eigenvalue weighted by Gasteiger charge is 2.51. The number of hydrogen-bond acceptors (Lipinski definition) is 4. The maximum Gasteiger partial charge on any atom is 0.252 e. The second-order valence-electron chi connectivity index (χ2n) is 29.0. The topological polar surface area (TPSA) is 24.3 Å². The molecule has 4 aliphatic rings. The fourth-order valence-corrected chi connectivity index (χ4v) is 14.8. The second-order valence-corrected chi connectivity index (χ2v) is 30.0. The van der Waals surface area contributed by atoms with E-state index in [-0.39, 0.29) is 45.6 Å². The summed E-state index contributed by atoms with van der Waals surface area (Å²) in [6, 6.07) is 54.9. The number of nitrogens with zero attached hydrogens (tertiary/aromatic N) is 4. The van der Waals surface area contributed by atoms with Crippen molar-refractivity contribution in [2.24, 2.45) is 0 Å². The standard InChI is InChI=1S/C74H79BN4S/c1-42(2)50-26-22-27-51(43(3)4)65(50)79-66-52(28-23-29-57(66)76-69(79)44-24-20-19-21-25-44)45-34-60-64-61(35-45)78-59-33-31-47(71(8,9)10)40-62(59)80-63-41-49(73(14,15)16)39-56(68(63)78)75(64)55-38-48(72(11,12)13)37-54-67(55)77(60)58-32-30-46(70(5,6)7)36-53(58)74(54,17)18/h19-43H,1-18H3. The molecular formula is C74H79BN4S. The van der Waals surface area contributed by atoms with Crippen LogP contribution < -0.4 is 26.2 Å². The number of benzene rings is 8. The highest BCUT2D eigenvalue weighted by Crippen LogP contribution is 2.59. The molecule has 0 N–H and O–H groups in total. The Morgan fingerprint density at radius 3 is 1.59 bits per heavy atom. The Morgan fingerprint density at radius 2 is 0.988 bits per heavy atom. The van der Waals surface area contributed by atoms with Gasteiger partial charge in [0.15, 0.2) is 0 Å². The SMILES string of the molecule is CC(C)c1cccc(C(C)C)c1-n1c(-c2ccccc2)nc2cccc(-c3cc4c5c(c3)N3c6ccc(C(C)(C)C)cc6C(C)(C)c6cc(C(C)(C)C)cc(c63)B5c3cc(C(C)(C)C)cc5c3N4c3ccc(C(C)(C)C)cc3S5)c21. The first-order valence-electron chi connectivity index (χ1n) is 29.5. The molecule has 5 heterocycles. The first-order valence-corrected chi connectivity index (χ1v) is 30.3. The third-order valence-electron chi connectivity index (χ3n) is 18.3. The summed E-state index contributed by atoms with van der Waals surface area (Å²) in [5, 5.41) is 0. The van der Waals surface area contributed by atoms with Gasteiger partial charge in [-0.2, -0.15) is 0 Å². The summed E-state index contributed by atoms with van der Waals surface area (Å²) in [6.07, 6.45) is 0. The van der Waals surface area contributed by atoms with Gasteiger partial charge in [-0.1, -0.05) is 233 Å². The van der Waals surface area contributed by atoms with Crippen LogP contribution in [-0.4, -0.2) is 16.3 Å². The summed E-state index contributed by atoms with van der Waals surface area (Å²) < 4.78 is 2.55. The predicted octanol–water partition coefficient (Wildman–Crippen LogP) is 19.0. The smallest absolute Gasteiger partial charge is 0.252 e. The summed E-state index contributed by atoms with van der Waals surface area (Å²) >= 11 is 1.97. The van der Waals surface area contributed by atoms with Crippen LogP contribution in [0.3, 0.4) is 0 Å². The molecule has 80 heavy (non-hydrogen) atoms. The maximum absolute atomic E-state index is 5.69. The molecule has 8 aromatic carbocycles. The van der Waals surface area contributed by atoms with Gasteiger partial charge in [-0.3, -0.25) is 4.57 Å². The number of aromatic nitrogens is 2. The van der Waals surface area contributed by atoms with Gasteiger partial charge in [-0.05, 0) is 142 Å². The molecule has 0 bridgehead atoms. The molecule has 404 valence electrons. The van der Waals surface area contributed by atoms with Crippen molar-refractivity contribution in [3.63, 3.8) is 0 Å². The van der Waals surface area contributed by atoms with Crippen molar-refractivity contribution >= 4 is 80.0 Å². The molecule has 0 saturated heterocycles. The van der Waals surface area contributed by atoms with Crippen molar-refractivity contribution in [2.75, 3.05) is 9.80 Å². The van der Waals surface area contributed by atoms with Gasteiger partial charge in [0.2, 0.25) is 0 Å². The quantitative estimate of drug-likeness (QED) is 0.160. The fraction of sp³-hybridized carbons (Fsp3) is 0.338. The zero-order valence-corrected chi connectivity index (χ0v) is 51.5. The van der Waals surface area contributed by atoms with Crippen LogP contribution in [0.25, 0.3) is 39.2 Å². The molecule has 0 saturated carbocycles. The number of anilines is 6. The molecule has 0 atom stereocenters. The Labute approximate surface area is 482 Å². The summed E-state index contributed by atoms with van der Waals surface area (Å²) in [7, 11) is 0. The molecule has 13 rings (SSSR count). The average Bonchev–Trinajstić information content (AvgIpc) is 2.88. The Hall–Kier alpha value is -6.76. The first-order chi connectivity index (χ1) is 37.6. The summed E-state index contributed by atoms with van der Waals surface area (Å²) in [5.41, 5.74) is 28.9. The minimum absolute atomic E-state index is 0.0152. The second kappa shape index (κ2) is 17.6. The van der Waals surface area contributed by atoms with Crippen molar-refractivity contribution in [2.45, 2.75) is 173 Å². The highest BCUT2D eigenvalue weighted by atomic mass is 32.2. The van der Waals surface area contributed by atoms with Crippen molar-refractivity contribution in [3.05, 3.63) is 184 Å². The van der Waals surface area contributed by atoms with Gasteiger partial charge in [0, 0.05) is 43.4 Å². The van der Waals surface area contributed by atoms with Crippen molar-refractivity contribution in [1.82, 2.24) is 9.55 Å². The van der Waals surface area contributed by atoms with Crippen molar-refractivity contribution in [3.8, 4) is 28.2 Å². The molecule has 1 aromatic heterocycles. The number of fused-ring (bicyclic) bond motifs is 9. The van der Waals surface area contributed by atoms with Crippen LogP contribution in [0.1, 0.15) is 181 Å². The number of rotatable bonds is 5. The third-order valence-corrected chi connectivity index (χ3v) is 19.4. The Balaban J connectivity index is 1.22. The minimum atomic E-state index is -0.298. The van der Waals surface area contributed by atoms with Gasteiger partial charge in [0.25, 0.3) is 6.71 Å². The lowest BCUT2D eigenvalue weighted by atomic mass is 9.32. The van der Waals surface area contributed by atoms with E-state index in [4.69, 9.17) is 4.98 Å². The lowest BCUT2D eigenvalue weighted by Crippen LogP contribution is -2.63. The molecule has 0 unspecified atom stereocenters. The molecule has 0 fully saturated rings. The zero-order valence-electron chi connectivity index (χ0n) is 50.7. The molecule has 0 spiro atoms. The normalized spacial score (nSPS) is 15.1. The van der Waals surface area contributed by atoms with E-state index in [9.17, 15) is 0 Å². The monoisotopic (exact) mass is 1070 g/mol. The highest BCUT2D eigenvalue weighted by molar-refractivity contribution is 7.99. The van der Waals surface area contributed by atoms with Crippen LogP contribution in [0, 0.1) is 0 Å². The Kier molecular flexibility index (Phi) is 11.6. The number of imidazole rings is 1. The van der Waals surface area contributed by atoms with Crippen molar-refractivity contribution < 1.29 is 0 Å². The maximum atomic E-state index is 5.69. The van der Waals surface area contributed by atoms with E-state index in [1.54, 1.807) is 0 Å². The van der Waals surface area contributed by atoms with Crippen LogP contribution in [0.4, 0.5) is 34.1 Å². The van der Waals surface area contributed by atoms with E-state index in [2.05, 4.69) is 279 Å². The molecule has 9 aromatic rings. The molecule has 6 heteroatoms. The van der Waals surface area contributed by atoms with Gasteiger partial charge in [0.05, 0.1) is 33.8 Å². The van der Waals surface area contributed by atoms with E-state index in [0.717, 1.165) is 22.4 Å².